The number of halogens is 1. The molecule has 0 aromatic rings. The van der Waals surface area contributed by atoms with Gasteiger partial charge in [0.1, 0.15) is 0 Å². The van der Waals surface area contributed by atoms with E-state index >= 15 is 0 Å². The van der Waals surface area contributed by atoms with Gasteiger partial charge in [0.05, 0.1) is 6.54 Å². The number of carbonyl (C=O) groups excluding carboxylic acids is 1. The van der Waals surface area contributed by atoms with E-state index in [4.69, 9.17) is 0 Å². The van der Waals surface area contributed by atoms with E-state index in [0.717, 1.165) is 39.3 Å². The van der Waals surface area contributed by atoms with Crippen LogP contribution in [0.5, 0.6) is 0 Å². The van der Waals surface area contributed by atoms with Gasteiger partial charge < -0.3 is 15.5 Å². The van der Waals surface area contributed by atoms with Crippen LogP contribution in [-0.4, -0.2) is 74.1 Å². The van der Waals surface area contributed by atoms with Crippen LogP contribution in [0, 0.1) is 5.41 Å². The SMILES string of the molecule is CC(C)NC(=O)CN1CCN(CC2(C)CCNC2)CC1.Cl. The zero-order chi connectivity index (χ0) is 14.6. The molecular weight excluding hydrogens is 288 g/mol. The van der Waals surface area contributed by atoms with Crippen molar-refractivity contribution in [1.29, 1.82) is 0 Å². The number of carbonyl (C=O) groups is 1. The molecule has 2 N–H and O–H groups in total. The van der Waals surface area contributed by atoms with Crippen molar-refractivity contribution in [3.63, 3.8) is 0 Å². The average Bonchev–Trinajstić information content (AvgIpc) is 2.77. The van der Waals surface area contributed by atoms with Gasteiger partial charge in [-0.1, -0.05) is 6.92 Å². The highest BCUT2D eigenvalue weighted by Crippen LogP contribution is 2.26. The highest BCUT2D eigenvalue weighted by Gasteiger charge is 2.31. The van der Waals surface area contributed by atoms with E-state index in [1.54, 1.807) is 0 Å². The second-order valence-corrected chi connectivity index (χ2v) is 7.01. The normalized spacial score (nSPS) is 27.6. The predicted molar refractivity (Wildman–Crippen MR) is 89.0 cm³/mol. The van der Waals surface area contributed by atoms with E-state index < -0.39 is 0 Å². The van der Waals surface area contributed by atoms with Crippen LogP contribution in [-0.2, 0) is 4.79 Å². The molecule has 5 nitrogen and oxygen atoms in total. The van der Waals surface area contributed by atoms with Gasteiger partial charge in [-0.15, -0.1) is 12.4 Å². The van der Waals surface area contributed by atoms with Crippen molar-refractivity contribution >= 4 is 18.3 Å². The molecule has 2 saturated heterocycles. The van der Waals surface area contributed by atoms with Crippen LogP contribution >= 0.6 is 12.4 Å². The molecule has 2 fully saturated rings. The summed E-state index contributed by atoms with van der Waals surface area (Å²) in [7, 11) is 0. The number of nitrogens with one attached hydrogen (secondary N) is 2. The van der Waals surface area contributed by atoms with Crippen LogP contribution in [0.2, 0.25) is 0 Å². The van der Waals surface area contributed by atoms with E-state index in [1.807, 2.05) is 13.8 Å². The van der Waals surface area contributed by atoms with Crippen LogP contribution in [0.1, 0.15) is 27.2 Å². The number of piperazine rings is 1. The molecule has 1 atom stereocenters. The first kappa shape index (κ1) is 18.7. The van der Waals surface area contributed by atoms with Crippen molar-refractivity contribution in [3.05, 3.63) is 0 Å². The Balaban J connectivity index is 0.00000220. The van der Waals surface area contributed by atoms with Gasteiger partial charge in [-0.05, 0) is 32.2 Å². The zero-order valence-electron chi connectivity index (χ0n) is 13.7. The third kappa shape index (κ3) is 6.10. The summed E-state index contributed by atoms with van der Waals surface area (Å²) in [5.74, 6) is 0.153. The average molecular weight is 319 g/mol. The summed E-state index contributed by atoms with van der Waals surface area (Å²) < 4.78 is 0. The molecule has 0 spiro atoms. The molecule has 0 aromatic carbocycles. The number of hydrogen-bond acceptors (Lipinski definition) is 4. The molecule has 0 aliphatic carbocycles. The fraction of sp³-hybridized carbons (Fsp3) is 0.933. The Kier molecular flexibility index (Phi) is 7.40. The van der Waals surface area contributed by atoms with Gasteiger partial charge in [0.25, 0.3) is 0 Å². The van der Waals surface area contributed by atoms with E-state index in [-0.39, 0.29) is 24.4 Å². The van der Waals surface area contributed by atoms with Crippen LogP contribution in [0.4, 0.5) is 0 Å². The summed E-state index contributed by atoms with van der Waals surface area (Å²) in [4.78, 5) is 16.6. The van der Waals surface area contributed by atoms with Crippen LogP contribution in [0.15, 0.2) is 0 Å². The maximum absolute atomic E-state index is 11.8. The first-order valence-corrected chi connectivity index (χ1v) is 7.92. The second kappa shape index (κ2) is 8.32. The minimum absolute atomic E-state index is 0. The number of nitrogens with zero attached hydrogens (tertiary/aromatic N) is 2. The molecule has 2 aliphatic rings. The molecule has 2 heterocycles. The molecule has 0 saturated carbocycles. The highest BCUT2D eigenvalue weighted by atomic mass is 35.5. The fourth-order valence-corrected chi connectivity index (χ4v) is 3.22. The van der Waals surface area contributed by atoms with Crippen LogP contribution in [0.25, 0.3) is 0 Å². The van der Waals surface area contributed by atoms with Gasteiger partial charge in [0, 0.05) is 45.3 Å². The summed E-state index contributed by atoms with van der Waals surface area (Å²) in [6.45, 7) is 14.6. The minimum Gasteiger partial charge on any atom is -0.353 e. The van der Waals surface area contributed by atoms with Crippen LogP contribution < -0.4 is 10.6 Å². The third-order valence-corrected chi connectivity index (χ3v) is 4.34. The smallest absolute Gasteiger partial charge is 0.234 e. The molecule has 1 amide bonds. The standard InChI is InChI=1S/C15H30N4O.ClH/c1-13(2)17-14(20)10-18-6-8-19(9-7-18)12-15(3)4-5-16-11-15;/h13,16H,4-12H2,1-3H3,(H,17,20);1H. The summed E-state index contributed by atoms with van der Waals surface area (Å²) in [6, 6.07) is 0.235. The summed E-state index contributed by atoms with van der Waals surface area (Å²) >= 11 is 0. The first-order chi connectivity index (χ1) is 9.47. The van der Waals surface area contributed by atoms with Gasteiger partial charge in [0.15, 0.2) is 0 Å². The molecule has 6 heteroatoms. The van der Waals surface area contributed by atoms with E-state index in [1.165, 1.54) is 13.0 Å². The Hall–Kier alpha value is -0.360. The van der Waals surface area contributed by atoms with Crippen molar-refractivity contribution in [2.24, 2.45) is 5.41 Å². The first-order valence-electron chi connectivity index (χ1n) is 7.92. The molecule has 1 unspecified atom stereocenters. The monoisotopic (exact) mass is 318 g/mol. The molecule has 21 heavy (non-hydrogen) atoms. The lowest BCUT2D eigenvalue weighted by atomic mass is 9.89. The zero-order valence-corrected chi connectivity index (χ0v) is 14.5. The largest absolute Gasteiger partial charge is 0.353 e. The van der Waals surface area contributed by atoms with Gasteiger partial charge >= 0.3 is 0 Å². The lowest BCUT2D eigenvalue weighted by molar-refractivity contribution is -0.123. The van der Waals surface area contributed by atoms with E-state index in [0.29, 0.717) is 12.0 Å². The Morgan fingerprint density at radius 3 is 2.38 bits per heavy atom. The summed E-state index contributed by atoms with van der Waals surface area (Å²) in [5, 5.41) is 6.43. The van der Waals surface area contributed by atoms with E-state index in [9.17, 15) is 4.79 Å². The third-order valence-electron chi connectivity index (χ3n) is 4.34. The topological polar surface area (TPSA) is 47.6 Å². The molecule has 124 valence electrons. The molecular formula is C15H31ClN4O. The Morgan fingerprint density at radius 1 is 1.24 bits per heavy atom. The lowest BCUT2D eigenvalue weighted by Crippen LogP contribution is -2.52. The summed E-state index contributed by atoms with van der Waals surface area (Å²) in [6.07, 6.45) is 1.28. The molecule has 2 aliphatic heterocycles. The summed E-state index contributed by atoms with van der Waals surface area (Å²) in [5.41, 5.74) is 0.442. The van der Waals surface area contributed by atoms with Gasteiger partial charge in [0.2, 0.25) is 5.91 Å². The highest BCUT2D eigenvalue weighted by molar-refractivity contribution is 5.85. The van der Waals surface area contributed by atoms with Crippen molar-refractivity contribution in [2.45, 2.75) is 33.2 Å². The second-order valence-electron chi connectivity index (χ2n) is 7.01. The van der Waals surface area contributed by atoms with Gasteiger partial charge in [-0.3, -0.25) is 9.69 Å². The molecule has 2 rings (SSSR count). The number of hydrogen-bond donors (Lipinski definition) is 2. The number of amides is 1. The van der Waals surface area contributed by atoms with Crippen molar-refractivity contribution in [1.82, 2.24) is 20.4 Å². The Morgan fingerprint density at radius 2 is 1.86 bits per heavy atom. The lowest BCUT2D eigenvalue weighted by Gasteiger charge is -2.38. The van der Waals surface area contributed by atoms with Crippen molar-refractivity contribution < 1.29 is 4.79 Å². The van der Waals surface area contributed by atoms with Crippen molar-refractivity contribution in [2.75, 3.05) is 52.4 Å². The number of rotatable bonds is 5. The van der Waals surface area contributed by atoms with Gasteiger partial charge in [-0.2, -0.15) is 0 Å². The maximum atomic E-state index is 11.8. The Bertz CT molecular complexity index is 324. The van der Waals surface area contributed by atoms with Crippen molar-refractivity contribution in [3.8, 4) is 0 Å². The molecule has 0 bridgehead atoms. The molecule has 0 aromatic heterocycles. The minimum atomic E-state index is 0. The molecule has 0 radical (unpaired) electrons. The fourth-order valence-electron chi connectivity index (χ4n) is 3.22. The Labute approximate surface area is 135 Å². The quantitative estimate of drug-likeness (QED) is 0.777. The van der Waals surface area contributed by atoms with Gasteiger partial charge in [-0.25, -0.2) is 0 Å². The van der Waals surface area contributed by atoms with Crippen LogP contribution in [0.3, 0.4) is 0 Å². The predicted octanol–water partition coefficient (Wildman–Crippen LogP) is 0.550. The maximum Gasteiger partial charge on any atom is 0.234 e. The van der Waals surface area contributed by atoms with E-state index in [2.05, 4.69) is 27.4 Å².